The number of rotatable bonds is 4. The molecule has 0 unspecified atom stereocenters. The second kappa shape index (κ2) is 5.50. The Kier molecular flexibility index (Phi) is 4.00. The van der Waals surface area contributed by atoms with Crippen molar-refractivity contribution >= 4 is 0 Å². The molecule has 2 nitrogen and oxygen atoms in total. The molecule has 0 aromatic heterocycles. The molecular weight excluding hydrogens is 217 g/mol. The van der Waals surface area contributed by atoms with Gasteiger partial charge in [-0.05, 0) is 49.9 Å². The molecule has 0 saturated heterocycles. The molecule has 0 saturated carbocycles. The van der Waals surface area contributed by atoms with Crippen molar-refractivity contribution in [2.24, 2.45) is 0 Å². The molecule has 0 heterocycles. The van der Waals surface area contributed by atoms with Crippen LogP contribution in [0.2, 0.25) is 0 Å². The van der Waals surface area contributed by atoms with Crippen LogP contribution < -0.4 is 10.1 Å². The number of hydrogen-bond acceptors (Lipinski definition) is 2. The molecular formula is C14H20FNO. The Morgan fingerprint density at radius 1 is 1.41 bits per heavy atom. The zero-order valence-electron chi connectivity index (χ0n) is 10.6. The fourth-order valence-electron chi connectivity index (χ4n) is 2.52. The number of fused-ring (bicyclic) bond motifs is 1. The summed E-state index contributed by atoms with van der Waals surface area (Å²) in [4.78, 5) is 0. The fourth-order valence-corrected chi connectivity index (χ4v) is 2.52. The predicted molar refractivity (Wildman–Crippen MR) is 67.1 cm³/mol. The first-order valence-corrected chi connectivity index (χ1v) is 6.33. The van der Waals surface area contributed by atoms with Gasteiger partial charge in [-0.15, -0.1) is 0 Å². The highest BCUT2D eigenvalue weighted by Crippen LogP contribution is 2.31. The molecule has 0 radical (unpaired) electrons. The minimum atomic E-state index is -0.0882. The van der Waals surface area contributed by atoms with Crippen LogP contribution >= 0.6 is 0 Å². The average Bonchev–Trinajstić information content (AvgIpc) is 2.37. The summed E-state index contributed by atoms with van der Waals surface area (Å²) in [6.07, 6.45) is 3.82. The van der Waals surface area contributed by atoms with Crippen LogP contribution in [0.4, 0.5) is 4.39 Å². The number of ether oxygens (including phenoxy) is 1. The van der Waals surface area contributed by atoms with Crippen molar-refractivity contribution in [3.63, 3.8) is 0 Å². The van der Waals surface area contributed by atoms with Crippen molar-refractivity contribution in [1.82, 2.24) is 5.32 Å². The van der Waals surface area contributed by atoms with Crippen LogP contribution in [-0.4, -0.2) is 19.7 Å². The van der Waals surface area contributed by atoms with E-state index in [-0.39, 0.29) is 5.82 Å². The SMILES string of the molecule is CCCN[C@H]1CCc2c(F)ccc(OC)c2C1. The van der Waals surface area contributed by atoms with Gasteiger partial charge in [0, 0.05) is 11.6 Å². The second-order valence-electron chi connectivity index (χ2n) is 4.60. The van der Waals surface area contributed by atoms with Gasteiger partial charge in [0.1, 0.15) is 11.6 Å². The lowest BCUT2D eigenvalue weighted by molar-refractivity contribution is 0.389. The summed E-state index contributed by atoms with van der Waals surface area (Å²) >= 11 is 0. The molecule has 0 fully saturated rings. The predicted octanol–water partition coefficient (Wildman–Crippen LogP) is 2.69. The molecule has 3 heteroatoms. The zero-order chi connectivity index (χ0) is 12.3. The van der Waals surface area contributed by atoms with Crippen molar-refractivity contribution in [2.75, 3.05) is 13.7 Å². The maximum absolute atomic E-state index is 13.7. The lowest BCUT2D eigenvalue weighted by Gasteiger charge is -2.27. The molecule has 94 valence electrons. The number of methoxy groups -OCH3 is 1. The van der Waals surface area contributed by atoms with E-state index in [9.17, 15) is 4.39 Å². The van der Waals surface area contributed by atoms with Gasteiger partial charge in [-0.25, -0.2) is 4.39 Å². The maximum atomic E-state index is 13.7. The lowest BCUT2D eigenvalue weighted by Crippen LogP contribution is -2.35. The van der Waals surface area contributed by atoms with Crippen LogP contribution in [0.1, 0.15) is 30.9 Å². The number of benzene rings is 1. The quantitative estimate of drug-likeness (QED) is 0.869. The highest BCUT2D eigenvalue weighted by molar-refractivity contribution is 5.43. The average molecular weight is 237 g/mol. The molecule has 2 rings (SSSR count). The molecule has 0 amide bonds. The minimum Gasteiger partial charge on any atom is -0.496 e. The Bertz CT molecular complexity index is 392. The normalized spacial score (nSPS) is 18.9. The van der Waals surface area contributed by atoms with E-state index in [2.05, 4.69) is 12.2 Å². The molecule has 1 aliphatic carbocycles. The van der Waals surface area contributed by atoms with Gasteiger partial charge in [0.05, 0.1) is 7.11 Å². The first-order valence-electron chi connectivity index (χ1n) is 6.33. The van der Waals surface area contributed by atoms with Crippen molar-refractivity contribution in [3.8, 4) is 5.75 Å². The summed E-state index contributed by atoms with van der Waals surface area (Å²) in [5, 5.41) is 3.50. The third-order valence-electron chi connectivity index (χ3n) is 3.43. The maximum Gasteiger partial charge on any atom is 0.126 e. The van der Waals surface area contributed by atoms with Crippen LogP contribution in [0.25, 0.3) is 0 Å². The summed E-state index contributed by atoms with van der Waals surface area (Å²) in [7, 11) is 1.65. The zero-order valence-corrected chi connectivity index (χ0v) is 10.6. The van der Waals surface area contributed by atoms with Crippen LogP contribution in [0.15, 0.2) is 12.1 Å². The van der Waals surface area contributed by atoms with Gasteiger partial charge in [0.15, 0.2) is 0 Å². The smallest absolute Gasteiger partial charge is 0.126 e. The Hall–Kier alpha value is -1.09. The highest BCUT2D eigenvalue weighted by Gasteiger charge is 2.23. The molecule has 17 heavy (non-hydrogen) atoms. The Morgan fingerprint density at radius 2 is 2.24 bits per heavy atom. The number of halogens is 1. The van der Waals surface area contributed by atoms with Crippen molar-refractivity contribution in [1.29, 1.82) is 0 Å². The molecule has 1 atom stereocenters. The third kappa shape index (κ3) is 2.60. The van der Waals surface area contributed by atoms with Gasteiger partial charge in [-0.2, -0.15) is 0 Å². The first kappa shape index (κ1) is 12.4. The minimum absolute atomic E-state index is 0.0882. The number of hydrogen-bond donors (Lipinski definition) is 1. The Labute approximate surface area is 102 Å². The largest absolute Gasteiger partial charge is 0.496 e. The summed E-state index contributed by atoms with van der Waals surface area (Å²) in [5.74, 6) is 0.735. The van der Waals surface area contributed by atoms with Gasteiger partial charge in [0.25, 0.3) is 0 Å². The topological polar surface area (TPSA) is 21.3 Å². The van der Waals surface area contributed by atoms with E-state index in [1.807, 2.05) is 0 Å². The van der Waals surface area contributed by atoms with Gasteiger partial charge >= 0.3 is 0 Å². The Morgan fingerprint density at radius 3 is 2.94 bits per heavy atom. The molecule has 0 bridgehead atoms. The van der Waals surface area contributed by atoms with Crippen LogP contribution in [0, 0.1) is 5.82 Å². The summed E-state index contributed by atoms with van der Waals surface area (Å²) in [6.45, 7) is 3.18. The van der Waals surface area contributed by atoms with Gasteiger partial charge in [0.2, 0.25) is 0 Å². The molecule has 1 aromatic rings. The van der Waals surface area contributed by atoms with Crippen molar-refractivity contribution in [2.45, 2.75) is 38.6 Å². The lowest BCUT2D eigenvalue weighted by atomic mass is 9.87. The number of nitrogens with one attached hydrogen (secondary N) is 1. The second-order valence-corrected chi connectivity index (χ2v) is 4.60. The standard InChI is InChI=1S/C14H20FNO/c1-3-8-16-10-4-5-11-12(9-10)14(17-2)7-6-13(11)15/h6-7,10,16H,3-5,8-9H2,1-2H3/t10-/m0/s1. The fraction of sp³-hybridized carbons (Fsp3) is 0.571. The summed E-state index contributed by atoms with van der Waals surface area (Å²) in [5.41, 5.74) is 1.89. The summed E-state index contributed by atoms with van der Waals surface area (Å²) in [6, 6.07) is 3.70. The molecule has 0 aliphatic heterocycles. The van der Waals surface area contributed by atoms with E-state index in [4.69, 9.17) is 4.74 Å². The van der Waals surface area contributed by atoms with E-state index in [0.29, 0.717) is 6.04 Å². The van der Waals surface area contributed by atoms with Gasteiger partial charge < -0.3 is 10.1 Å². The van der Waals surface area contributed by atoms with Crippen molar-refractivity contribution < 1.29 is 9.13 Å². The van der Waals surface area contributed by atoms with Crippen molar-refractivity contribution in [3.05, 3.63) is 29.1 Å². The summed E-state index contributed by atoms with van der Waals surface area (Å²) < 4.78 is 19.0. The van der Waals surface area contributed by atoms with Crippen LogP contribution in [0.5, 0.6) is 5.75 Å². The highest BCUT2D eigenvalue weighted by atomic mass is 19.1. The van der Waals surface area contributed by atoms with Crippen LogP contribution in [-0.2, 0) is 12.8 Å². The van der Waals surface area contributed by atoms with Gasteiger partial charge in [-0.3, -0.25) is 0 Å². The van der Waals surface area contributed by atoms with E-state index in [1.165, 1.54) is 6.07 Å². The molecule has 1 N–H and O–H groups in total. The Balaban J connectivity index is 2.20. The molecule has 1 aromatic carbocycles. The van der Waals surface area contributed by atoms with Gasteiger partial charge in [-0.1, -0.05) is 6.92 Å². The van der Waals surface area contributed by atoms with E-state index < -0.39 is 0 Å². The molecule has 1 aliphatic rings. The van der Waals surface area contributed by atoms with E-state index in [0.717, 1.165) is 49.1 Å². The monoisotopic (exact) mass is 237 g/mol. The van der Waals surface area contributed by atoms with Crippen LogP contribution in [0.3, 0.4) is 0 Å². The first-order chi connectivity index (χ1) is 8.26. The van der Waals surface area contributed by atoms with E-state index in [1.54, 1.807) is 13.2 Å². The van der Waals surface area contributed by atoms with E-state index >= 15 is 0 Å². The molecule has 0 spiro atoms. The third-order valence-corrected chi connectivity index (χ3v) is 3.43.